The molecule has 1 heterocycles. The number of aliphatic carboxylic acids is 1. The highest BCUT2D eigenvalue weighted by atomic mass is 32.2. The summed E-state index contributed by atoms with van der Waals surface area (Å²) in [5.74, 6) is -3.71. The lowest BCUT2D eigenvalue weighted by Gasteiger charge is -2.04. The predicted octanol–water partition coefficient (Wildman–Crippen LogP) is 2.29. The van der Waals surface area contributed by atoms with Gasteiger partial charge in [0.05, 0.1) is 14.7 Å². The van der Waals surface area contributed by atoms with E-state index in [0.29, 0.717) is 6.08 Å². The Labute approximate surface area is 129 Å². The molecule has 8 heteroatoms. The van der Waals surface area contributed by atoms with Crippen molar-refractivity contribution in [3.8, 4) is 0 Å². The number of ketones is 1. The van der Waals surface area contributed by atoms with Crippen molar-refractivity contribution in [2.45, 2.75) is 9.79 Å². The van der Waals surface area contributed by atoms with Crippen LogP contribution in [0.15, 0.2) is 63.4 Å². The average Bonchev–Trinajstić information content (AvgIpc) is 2.98. The predicted molar refractivity (Wildman–Crippen MR) is 78.9 cm³/mol. The van der Waals surface area contributed by atoms with E-state index in [-0.39, 0.29) is 14.7 Å². The molecule has 2 aromatic rings. The van der Waals surface area contributed by atoms with Crippen molar-refractivity contribution in [1.29, 1.82) is 0 Å². The number of aliphatic hydroxyl groups is 1. The first-order valence-corrected chi connectivity index (χ1v) is 8.26. The van der Waals surface area contributed by atoms with E-state index in [4.69, 9.17) is 10.2 Å². The second-order valence-corrected chi connectivity index (χ2v) is 6.96. The molecule has 6 nitrogen and oxygen atoms in total. The van der Waals surface area contributed by atoms with Crippen molar-refractivity contribution >= 4 is 32.9 Å². The number of aliphatic hydroxyl groups excluding tert-OH is 1. The molecule has 114 valence electrons. The van der Waals surface area contributed by atoms with Crippen LogP contribution in [0.5, 0.6) is 0 Å². The average molecular weight is 338 g/mol. The number of carboxylic acids is 1. The van der Waals surface area contributed by atoms with E-state index in [0.717, 1.165) is 11.3 Å². The van der Waals surface area contributed by atoms with E-state index in [1.807, 2.05) is 0 Å². The van der Waals surface area contributed by atoms with Crippen LogP contribution >= 0.6 is 11.3 Å². The zero-order chi connectivity index (χ0) is 16.3. The van der Waals surface area contributed by atoms with Gasteiger partial charge in [-0.1, -0.05) is 18.2 Å². The Bertz CT molecular complexity index is 846. The summed E-state index contributed by atoms with van der Waals surface area (Å²) in [4.78, 5) is 22.1. The van der Waals surface area contributed by atoms with E-state index in [2.05, 4.69) is 0 Å². The Morgan fingerprint density at radius 2 is 1.68 bits per heavy atom. The third-order valence-corrected chi connectivity index (χ3v) is 5.55. The summed E-state index contributed by atoms with van der Waals surface area (Å²) in [6, 6.07) is 8.82. The number of rotatable bonds is 5. The molecule has 22 heavy (non-hydrogen) atoms. The second kappa shape index (κ2) is 6.12. The van der Waals surface area contributed by atoms with Crippen LogP contribution in [0.25, 0.3) is 0 Å². The smallest absolute Gasteiger partial charge is 0.371 e. The number of hydrogen-bond acceptors (Lipinski definition) is 6. The van der Waals surface area contributed by atoms with Gasteiger partial charge in [0.15, 0.2) is 0 Å². The molecule has 0 aliphatic rings. The summed E-state index contributed by atoms with van der Waals surface area (Å²) >= 11 is 0.856. The van der Waals surface area contributed by atoms with E-state index in [1.165, 1.54) is 23.6 Å². The normalized spacial score (nSPS) is 12.1. The van der Waals surface area contributed by atoms with Gasteiger partial charge in [-0.2, -0.15) is 0 Å². The summed E-state index contributed by atoms with van der Waals surface area (Å²) < 4.78 is 25.0. The quantitative estimate of drug-likeness (QED) is 0.492. The first-order chi connectivity index (χ1) is 10.3. The third kappa shape index (κ3) is 3.07. The second-order valence-electron chi connectivity index (χ2n) is 4.13. The number of benzene rings is 1. The van der Waals surface area contributed by atoms with Gasteiger partial charge in [-0.05, 0) is 23.6 Å². The Morgan fingerprint density at radius 1 is 1.05 bits per heavy atom. The van der Waals surface area contributed by atoms with Gasteiger partial charge < -0.3 is 10.2 Å². The van der Waals surface area contributed by atoms with Gasteiger partial charge in [-0.3, -0.25) is 4.79 Å². The number of hydrogen-bond donors (Lipinski definition) is 2. The van der Waals surface area contributed by atoms with E-state index < -0.39 is 27.3 Å². The van der Waals surface area contributed by atoms with E-state index in [1.54, 1.807) is 18.2 Å². The standard InChI is InChI=1S/C14H10O6S2/c15-10(8-11(16)14(17)18)13-12(6-7-21-13)22(19,20)9-4-2-1-3-5-9/h1-8,16H,(H,17,18). The van der Waals surface area contributed by atoms with E-state index >= 15 is 0 Å². The molecule has 2 rings (SSSR count). The maximum atomic E-state index is 12.5. The molecule has 0 radical (unpaired) electrons. The Kier molecular flexibility index (Phi) is 4.43. The highest BCUT2D eigenvalue weighted by molar-refractivity contribution is 7.91. The van der Waals surface area contributed by atoms with Crippen LogP contribution in [0.1, 0.15) is 9.67 Å². The fourth-order valence-corrected chi connectivity index (χ4v) is 4.29. The molecule has 0 atom stereocenters. The van der Waals surface area contributed by atoms with Crippen LogP contribution in [0.2, 0.25) is 0 Å². The first kappa shape index (κ1) is 15.9. The third-order valence-electron chi connectivity index (χ3n) is 2.68. The largest absolute Gasteiger partial charge is 0.502 e. The molecule has 0 aliphatic carbocycles. The minimum Gasteiger partial charge on any atom is -0.502 e. The van der Waals surface area contributed by atoms with Crippen LogP contribution in [0.3, 0.4) is 0 Å². The van der Waals surface area contributed by atoms with Gasteiger partial charge in [0, 0.05) is 6.08 Å². The zero-order valence-electron chi connectivity index (χ0n) is 11.0. The van der Waals surface area contributed by atoms with Gasteiger partial charge in [0.25, 0.3) is 0 Å². The number of carbonyl (C=O) groups is 2. The first-order valence-electron chi connectivity index (χ1n) is 5.90. The van der Waals surface area contributed by atoms with Crippen LogP contribution in [-0.4, -0.2) is 30.4 Å². The van der Waals surface area contributed by atoms with Gasteiger partial charge in [0.2, 0.25) is 21.4 Å². The monoisotopic (exact) mass is 338 g/mol. The summed E-state index contributed by atoms with van der Waals surface area (Å²) in [6.45, 7) is 0. The highest BCUT2D eigenvalue weighted by Crippen LogP contribution is 2.28. The zero-order valence-corrected chi connectivity index (χ0v) is 12.6. The Balaban J connectivity index is 2.49. The summed E-state index contributed by atoms with van der Waals surface area (Å²) in [5, 5.41) is 19.1. The minimum absolute atomic E-state index is 0.0221. The van der Waals surface area contributed by atoms with Crippen LogP contribution in [0, 0.1) is 0 Å². The van der Waals surface area contributed by atoms with Gasteiger partial charge in [-0.25, -0.2) is 13.2 Å². The Morgan fingerprint density at radius 3 is 2.27 bits per heavy atom. The summed E-state index contributed by atoms with van der Waals surface area (Å²) in [5.41, 5.74) is 0. The molecule has 0 saturated heterocycles. The summed E-state index contributed by atoms with van der Waals surface area (Å²) in [6.07, 6.45) is 0.484. The van der Waals surface area contributed by atoms with Crippen molar-refractivity contribution in [3.63, 3.8) is 0 Å². The lowest BCUT2D eigenvalue weighted by atomic mass is 10.3. The molecule has 0 saturated carbocycles. The maximum absolute atomic E-state index is 12.5. The molecule has 0 fully saturated rings. The SMILES string of the molecule is O=C(O)C(O)=CC(=O)c1sccc1S(=O)(=O)c1ccccc1. The van der Waals surface area contributed by atoms with Crippen molar-refractivity contribution < 1.29 is 28.2 Å². The van der Waals surface area contributed by atoms with Crippen LogP contribution in [0.4, 0.5) is 0 Å². The molecule has 0 unspecified atom stereocenters. The van der Waals surface area contributed by atoms with Gasteiger partial charge in [0.1, 0.15) is 0 Å². The number of carbonyl (C=O) groups excluding carboxylic acids is 1. The number of thiophene rings is 1. The summed E-state index contributed by atoms with van der Waals surface area (Å²) in [7, 11) is -3.90. The molecule has 0 bridgehead atoms. The lowest BCUT2D eigenvalue weighted by Crippen LogP contribution is -2.08. The number of carboxylic acid groups (broad SMARTS) is 1. The van der Waals surface area contributed by atoms with Crippen molar-refractivity contribution in [2.24, 2.45) is 0 Å². The highest BCUT2D eigenvalue weighted by Gasteiger charge is 2.25. The van der Waals surface area contributed by atoms with Gasteiger partial charge >= 0.3 is 5.97 Å². The van der Waals surface area contributed by atoms with Crippen LogP contribution in [-0.2, 0) is 14.6 Å². The maximum Gasteiger partial charge on any atom is 0.371 e. The van der Waals surface area contributed by atoms with Crippen molar-refractivity contribution in [1.82, 2.24) is 0 Å². The fraction of sp³-hybridized carbons (Fsp3) is 0. The topological polar surface area (TPSA) is 109 Å². The molecule has 0 amide bonds. The van der Waals surface area contributed by atoms with E-state index in [9.17, 15) is 18.0 Å². The van der Waals surface area contributed by atoms with Gasteiger partial charge in [-0.15, -0.1) is 11.3 Å². The molecular weight excluding hydrogens is 328 g/mol. The van der Waals surface area contributed by atoms with Crippen molar-refractivity contribution in [2.75, 3.05) is 0 Å². The Hall–Kier alpha value is -2.45. The number of allylic oxidation sites excluding steroid dienone is 1. The molecule has 1 aromatic heterocycles. The van der Waals surface area contributed by atoms with Crippen molar-refractivity contribution in [3.05, 3.63) is 58.5 Å². The molecule has 1 aromatic carbocycles. The lowest BCUT2D eigenvalue weighted by molar-refractivity contribution is -0.135. The fourth-order valence-electron chi connectivity index (χ4n) is 1.67. The molecular formula is C14H10O6S2. The molecule has 2 N–H and O–H groups in total. The molecule has 0 aliphatic heterocycles. The minimum atomic E-state index is -3.90. The number of sulfone groups is 1. The molecule has 0 spiro atoms. The van der Waals surface area contributed by atoms with Crippen LogP contribution < -0.4 is 0 Å².